The van der Waals surface area contributed by atoms with E-state index in [4.69, 9.17) is 15.2 Å². The molecule has 2 bridgehead atoms. The van der Waals surface area contributed by atoms with E-state index in [1.165, 1.54) is 12.8 Å². The zero-order valence-electron chi connectivity index (χ0n) is 17.4. The Bertz CT molecular complexity index is 1120. The minimum atomic E-state index is 0.334. The number of aromatic amines is 1. The fraction of sp³-hybridized carbons (Fsp3) is 0.455. The SMILES string of the molecule is Cc1cc(Nc2nc(N[C@@H]3C[C@H]4CC[C@@H](C3)N4CCC#N)nc3cc(Br)ccc23)n[nH]1. The highest BCUT2D eigenvalue weighted by atomic mass is 79.9. The smallest absolute Gasteiger partial charge is 0.225 e. The van der Waals surface area contributed by atoms with Crippen LogP contribution in [0, 0.1) is 18.3 Å². The first-order valence-electron chi connectivity index (χ1n) is 10.7. The third kappa shape index (κ3) is 4.23. The second-order valence-electron chi connectivity index (χ2n) is 8.46. The molecular weight excluding hydrogens is 456 g/mol. The summed E-state index contributed by atoms with van der Waals surface area (Å²) in [4.78, 5) is 12.1. The van der Waals surface area contributed by atoms with E-state index in [0.29, 0.717) is 30.5 Å². The highest BCUT2D eigenvalue weighted by molar-refractivity contribution is 9.10. The first kappa shape index (κ1) is 20.2. The van der Waals surface area contributed by atoms with Crippen LogP contribution in [0.3, 0.4) is 0 Å². The number of fused-ring (bicyclic) bond motifs is 3. The van der Waals surface area contributed by atoms with Crippen LogP contribution in [-0.2, 0) is 0 Å². The Hall–Kier alpha value is -2.70. The number of hydrogen-bond acceptors (Lipinski definition) is 7. The number of rotatable bonds is 6. The van der Waals surface area contributed by atoms with Crippen LogP contribution in [0.2, 0.25) is 0 Å². The van der Waals surface area contributed by atoms with Crippen LogP contribution in [-0.4, -0.2) is 49.7 Å². The van der Waals surface area contributed by atoms with Crippen LogP contribution in [0.5, 0.6) is 0 Å². The van der Waals surface area contributed by atoms with Crippen molar-refractivity contribution >= 4 is 44.4 Å². The number of nitrogens with one attached hydrogen (secondary N) is 3. The van der Waals surface area contributed by atoms with E-state index in [-0.39, 0.29) is 0 Å². The minimum Gasteiger partial charge on any atom is -0.351 e. The molecule has 2 fully saturated rings. The number of hydrogen-bond donors (Lipinski definition) is 3. The van der Waals surface area contributed by atoms with Gasteiger partial charge in [-0.05, 0) is 50.8 Å². The van der Waals surface area contributed by atoms with Crippen molar-refractivity contribution in [2.24, 2.45) is 0 Å². The van der Waals surface area contributed by atoms with Crippen LogP contribution < -0.4 is 10.6 Å². The Morgan fingerprint density at radius 1 is 1.23 bits per heavy atom. The summed E-state index contributed by atoms with van der Waals surface area (Å²) >= 11 is 3.55. The molecule has 3 aromatic rings. The molecule has 0 aliphatic carbocycles. The Labute approximate surface area is 189 Å². The van der Waals surface area contributed by atoms with Gasteiger partial charge in [0.2, 0.25) is 5.95 Å². The zero-order chi connectivity index (χ0) is 21.4. The lowest BCUT2D eigenvalue weighted by Gasteiger charge is -2.38. The van der Waals surface area contributed by atoms with E-state index in [1.807, 2.05) is 31.2 Å². The van der Waals surface area contributed by atoms with Gasteiger partial charge in [-0.1, -0.05) is 15.9 Å². The van der Waals surface area contributed by atoms with Crippen molar-refractivity contribution in [3.8, 4) is 6.07 Å². The van der Waals surface area contributed by atoms with E-state index in [9.17, 15) is 0 Å². The normalized spacial score (nSPS) is 23.1. The summed E-state index contributed by atoms with van der Waals surface area (Å²) in [5, 5.41) is 24.1. The molecule has 2 aliphatic rings. The summed E-state index contributed by atoms with van der Waals surface area (Å²) in [7, 11) is 0. The molecule has 9 heteroatoms. The van der Waals surface area contributed by atoms with Gasteiger partial charge < -0.3 is 10.6 Å². The number of aryl methyl sites for hydroxylation is 1. The first-order chi connectivity index (χ1) is 15.1. The highest BCUT2D eigenvalue weighted by Gasteiger charge is 2.40. The first-order valence-corrected chi connectivity index (χ1v) is 11.5. The molecule has 0 radical (unpaired) electrons. The van der Waals surface area contributed by atoms with Crippen molar-refractivity contribution in [3.05, 3.63) is 34.4 Å². The van der Waals surface area contributed by atoms with Gasteiger partial charge in [0.05, 0.1) is 11.6 Å². The average molecular weight is 481 g/mol. The second kappa shape index (κ2) is 8.44. The summed E-state index contributed by atoms with van der Waals surface area (Å²) in [6.45, 7) is 2.86. The largest absolute Gasteiger partial charge is 0.351 e. The van der Waals surface area contributed by atoms with E-state index < -0.39 is 0 Å². The van der Waals surface area contributed by atoms with Crippen molar-refractivity contribution in [2.45, 2.75) is 57.2 Å². The summed E-state index contributed by atoms with van der Waals surface area (Å²) in [5.74, 6) is 2.10. The van der Waals surface area contributed by atoms with Gasteiger partial charge >= 0.3 is 0 Å². The quantitative estimate of drug-likeness (QED) is 0.477. The molecule has 2 aliphatic heterocycles. The maximum Gasteiger partial charge on any atom is 0.225 e. The molecule has 4 heterocycles. The van der Waals surface area contributed by atoms with E-state index in [1.54, 1.807) is 0 Å². The molecule has 0 saturated carbocycles. The van der Waals surface area contributed by atoms with Gasteiger partial charge in [0.25, 0.3) is 0 Å². The monoisotopic (exact) mass is 480 g/mol. The van der Waals surface area contributed by atoms with Gasteiger partial charge in [-0.25, -0.2) is 4.98 Å². The van der Waals surface area contributed by atoms with Crippen molar-refractivity contribution in [1.82, 2.24) is 25.1 Å². The Balaban J connectivity index is 1.39. The van der Waals surface area contributed by atoms with Crippen molar-refractivity contribution in [1.29, 1.82) is 5.26 Å². The fourth-order valence-electron chi connectivity index (χ4n) is 4.98. The molecule has 1 aromatic carbocycles. The predicted octanol–water partition coefficient (Wildman–Crippen LogP) is 4.49. The van der Waals surface area contributed by atoms with E-state index >= 15 is 0 Å². The third-order valence-electron chi connectivity index (χ3n) is 6.31. The number of nitrogens with zero attached hydrogens (tertiary/aromatic N) is 5. The van der Waals surface area contributed by atoms with Crippen LogP contribution in [0.15, 0.2) is 28.7 Å². The predicted molar refractivity (Wildman–Crippen MR) is 124 cm³/mol. The number of halogens is 1. The fourth-order valence-corrected chi connectivity index (χ4v) is 5.33. The number of anilines is 3. The highest BCUT2D eigenvalue weighted by Crippen LogP contribution is 2.37. The van der Waals surface area contributed by atoms with Gasteiger partial charge in [0.15, 0.2) is 5.82 Å². The van der Waals surface area contributed by atoms with Gasteiger partial charge in [-0.2, -0.15) is 15.3 Å². The van der Waals surface area contributed by atoms with E-state index in [0.717, 1.165) is 52.1 Å². The third-order valence-corrected chi connectivity index (χ3v) is 6.80. The van der Waals surface area contributed by atoms with Crippen molar-refractivity contribution < 1.29 is 0 Å². The van der Waals surface area contributed by atoms with E-state index in [2.05, 4.69) is 47.7 Å². The molecule has 3 atom stereocenters. The minimum absolute atomic E-state index is 0.334. The zero-order valence-corrected chi connectivity index (χ0v) is 19.0. The van der Waals surface area contributed by atoms with Crippen LogP contribution in [0.1, 0.15) is 37.8 Å². The lowest BCUT2D eigenvalue weighted by Crippen LogP contribution is -2.47. The molecule has 2 aromatic heterocycles. The number of piperidine rings is 1. The molecule has 8 nitrogen and oxygen atoms in total. The number of H-pyrrole nitrogens is 1. The number of benzene rings is 1. The maximum absolute atomic E-state index is 8.95. The van der Waals surface area contributed by atoms with Gasteiger partial charge in [-0.15, -0.1) is 0 Å². The topological polar surface area (TPSA) is 106 Å². The van der Waals surface area contributed by atoms with Gasteiger partial charge in [0.1, 0.15) is 5.82 Å². The van der Waals surface area contributed by atoms with Crippen LogP contribution in [0.4, 0.5) is 17.6 Å². The van der Waals surface area contributed by atoms with Gasteiger partial charge in [0, 0.05) is 52.7 Å². The molecule has 160 valence electrons. The Morgan fingerprint density at radius 2 is 2.03 bits per heavy atom. The molecule has 0 amide bonds. The Kier molecular flexibility index (Phi) is 5.50. The summed E-state index contributed by atoms with van der Waals surface area (Å²) in [6.07, 6.45) is 5.15. The molecule has 0 spiro atoms. The standard InChI is InChI=1S/C22H25BrN8/c1-13-9-20(30-29-13)27-21-18-6-3-14(23)10-19(18)26-22(28-21)25-15-11-16-4-5-17(12-15)31(16)8-2-7-24/h3,6,9-10,15-17H,2,4-5,8,11-12H2,1H3,(H3,25,26,27,28,29,30)/t15-,16-,17+. The maximum atomic E-state index is 8.95. The lowest BCUT2D eigenvalue weighted by molar-refractivity contribution is 0.135. The summed E-state index contributed by atoms with van der Waals surface area (Å²) < 4.78 is 0.982. The summed E-state index contributed by atoms with van der Waals surface area (Å²) in [6, 6.07) is 11.7. The van der Waals surface area contributed by atoms with Crippen LogP contribution in [0.25, 0.3) is 10.9 Å². The number of nitriles is 1. The molecule has 0 unspecified atom stereocenters. The molecule has 2 saturated heterocycles. The van der Waals surface area contributed by atoms with Crippen molar-refractivity contribution in [3.63, 3.8) is 0 Å². The molecule has 3 N–H and O–H groups in total. The lowest BCUT2D eigenvalue weighted by atomic mass is 9.97. The molecule has 5 rings (SSSR count). The van der Waals surface area contributed by atoms with Crippen molar-refractivity contribution in [2.75, 3.05) is 17.2 Å². The average Bonchev–Trinajstić information content (AvgIpc) is 3.25. The van der Waals surface area contributed by atoms with Crippen LogP contribution >= 0.6 is 15.9 Å². The summed E-state index contributed by atoms with van der Waals surface area (Å²) in [5.41, 5.74) is 1.86. The number of aromatic nitrogens is 4. The second-order valence-corrected chi connectivity index (χ2v) is 9.38. The molecule has 31 heavy (non-hydrogen) atoms. The van der Waals surface area contributed by atoms with Gasteiger partial charge in [-0.3, -0.25) is 10.00 Å². The Morgan fingerprint density at radius 3 is 2.74 bits per heavy atom. The molecular formula is C22H25BrN8.